The molecule has 4 nitrogen and oxygen atoms in total. The highest BCUT2D eigenvalue weighted by atomic mass is 16.5. The van der Waals surface area contributed by atoms with E-state index < -0.39 is 5.97 Å². The number of carboxylic acid groups (broad SMARTS) is 1. The number of aliphatic carboxylic acids is 1. The van der Waals surface area contributed by atoms with Gasteiger partial charge in [0.05, 0.1) is 7.11 Å². The van der Waals surface area contributed by atoms with Crippen LogP contribution in [0.2, 0.25) is 0 Å². The highest BCUT2D eigenvalue weighted by molar-refractivity contribution is 5.79. The third-order valence-corrected chi connectivity index (χ3v) is 2.87. The lowest BCUT2D eigenvalue weighted by Gasteiger charge is -2.17. The van der Waals surface area contributed by atoms with E-state index in [0.29, 0.717) is 6.54 Å². The molecule has 1 N–H and O–H groups in total. The summed E-state index contributed by atoms with van der Waals surface area (Å²) in [6.07, 6.45) is 3.79. The van der Waals surface area contributed by atoms with Crippen molar-refractivity contribution in [2.24, 2.45) is 0 Å². The standard InChI is InChI=1S/C15H21NO3/c1-4-12-7-8-14(19-3)13(10-12)11-16(2)9-5-6-15(17)18/h5-8,10H,4,9,11H2,1-3H3,(H,17,18)/b6-5+. The Morgan fingerprint density at radius 2 is 2.21 bits per heavy atom. The van der Waals surface area contributed by atoms with Gasteiger partial charge in [0.15, 0.2) is 0 Å². The number of hydrogen-bond donors (Lipinski definition) is 1. The Morgan fingerprint density at radius 3 is 2.79 bits per heavy atom. The van der Waals surface area contributed by atoms with E-state index in [2.05, 4.69) is 19.1 Å². The lowest BCUT2D eigenvalue weighted by atomic mass is 10.1. The molecule has 0 aliphatic heterocycles. The first-order valence-electron chi connectivity index (χ1n) is 6.30. The van der Waals surface area contributed by atoms with Crippen molar-refractivity contribution in [3.8, 4) is 5.75 Å². The number of carboxylic acids is 1. The van der Waals surface area contributed by atoms with Gasteiger partial charge in [-0.05, 0) is 25.1 Å². The van der Waals surface area contributed by atoms with E-state index in [1.54, 1.807) is 13.2 Å². The molecule has 0 spiro atoms. The van der Waals surface area contributed by atoms with E-state index in [0.717, 1.165) is 30.4 Å². The lowest BCUT2D eigenvalue weighted by Crippen LogP contribution is -2.18. The number of aryl methyl sites for hydroxylation is 1. The Labute approximate surface area is 114 Å². The molecule has 0 saturated heterocycles. The van der Waals surface area contributed by atoms with Gasteiger partial charge in [0.1, 0.15) is 5.75 Å². The minimum Gasteiger partial charge on any atom is -0.496 e. The molecular weight excluding hydrogens is 242 g/mol. The first kappa shape index (κ1) is 15.2. The molecule has 0 radical (unpaired) electrons. The maximum Gasteiger partial charge on any atom is 0.328 e. The lowest BCUT2D eigenvalue weighted by molar-refractivity contribution is -0.131. The molecule has 0 aliphatic carbocycles. The average molecular weight is 263 g/mol. The highest BCUT2D eigenvalue weighted by Gasteiger charge is 2.06. The van der Waals surface area contributed by atoms with Crippen LogP contribution in [-0.2, 0) is 17.8 Å². The summed E-state index contributed by atoms with van der Waals surface area (Å²) in [5.74, 6) is -0.0507. The average Bonchev–Trinajstić information content (AvgIpc) is 2.38. The number of hydrogen-bond acceptors (Lipinski definition) is 3. The molecule has 0 amide bonds. The first-order valence-corrected chi connectivity index (χ1v) is 6.30. The van der Waals surface area contributed by atoms with Crippen molar-refractivity contribution in [1.82, 2.24) is 4.90 Å². The molecule has 1 aromatic carbocycles. The second kappa shape index (κ2) is 7.59. The predicted molar refractivity (Wildman–Crippen MR) is 75.5 cm³/mol. The summed E-state index contributed by atoms with van der Waals surface area (Å²) >= 11 is 0. The van der Waals surface area contributed by atoms with Crippen LogP contribution in [0.1, 0.15) is 18.1 Å². The fourth-order valence-electron chi connectivity index (χ4n) is 1.86. The fourth-order valence-corrected chi connectivity index (χ4v) is 1.86. The van der Waals surface area contributed by atoms with E-state index in [4.69, 9.17) is 9.84 Å². The van der Waals surface area contributed by atoms with Crippen LogP contribution in [-0.4, -0.2) is 36.7 Å². The molecule has 0 aliphatic rings. The van der Waals surface area contributed by atoms with Crippen LogP contribution in [0.15, 0.2) is 30.4 Å². The molecule has 0 atom stereocenters. The predicted octanol–water partition coefficient (Wildman–Crippen LogP) is 2.33. The van der Waals surface area contributed by atoms with Gasteiger partial charge in [-0.2, -0.15) is 0 Å². The van der Waals surface area contributed by atoms with E-state index in [1.807, 2.05) is 18.0 Å². The Bertz CT molecular complexity index is 455. The zero-order valence-electron chi connectivity index (χ0n) is 11.7. The van der Waals surface area contributed by atoms with Crippen LogP contribution in [0.4, 0.5) is 0 Å². The molecule has 0 heterocycles. The molecule has 1 rings (SSSR count). The highest BCUT2D eigenvalue weighted by Crippen LogP contribution is 2.21. The van der Waals surface area contributed by atoms with E-state index in [9.17, 15) is 4.79 Å². The van der Waals surface area contributed by atoms with E-state index >= 15 is 0 Å². The minimum absolute atomic E-state index is 0.589. The van der Waals surface area contributed by atoms with Gasteiger partial charge in [-0.15, -0.1) is 0 Å². The largest absolute Gasteiger partial charge is 0.496 e. The Hall–Kier alpha value is -1.81. The second-order valence-electron chi connectivity index (χ2n) is 4.44. The van der Waals surface area contributed by atoms with Crippen molar-refractivity contribution in [3.05, 3.63) is 41.5 Å². The summed E-state index contributed by atoms with van der Waals surface area (Å²) < 4.78 is 5.35. The molecule has 0 saturated carbocycles. The first-order chi connectivity index (χ1) is 9.06. The summed E-state index contributed by atoms with van der Waals surface area (Å²) in [6.45, 7) is 3.43. The Morgan fingerprint density at radius 1 is 1.47 bits per heavy atom. The van der Waals surface area contributed by atoms with Crippen LogP contribution < -0.4 is 4.74 Å². The fraction of sp³-hybridized carbons (Fsp3) is 0.400. The summed E-state index contributed by atoms with van der Waals surface area (Å²) in [4.78, 5) is 12.4. The van der Waals surface area contributed by atoms with Crippen molar-refractivity contribution in [2.75, 3.05) is 20.7 Å². The van der Waals surface area contributed by atoms with E-state index in [-0.39, 0.29) is 0 Å². The van der Waals surface area contributed by atoms with Crippen LogP contribution >= 0.6 is 0 Å². The number of likely N-dealkylation sites (N-methyl/N-ethyl adjacent to an activating group) is 1. The maximum absolute atomic E-state index is 10.4. The normalized spacial score (nSPS) is 11.2. The minimum atomic E-state index is -0.918. The second-order valence-corrected chi connectivity index (χ2v) is 4.44. The van der Waals surface area contributed by atoms with Gasteiger partial charge in [0.2, 0.25) is 0 Å². The summed E-state index contributed by atoms with van der Waals surface area (Å²) in [7, 11) is 3.61. The quantitative estimate of drug-likeness (QED) is 0.767. The molecular formula is C15H21NO3. The van der Waals surface area contributed by atoms with Gasteiger partial charge in [0, 0.05) is 24.7 Å². The van der Waals surface area contributed by atoms with Gasteiger partial charge >= 0.3 is 5.97 Å². The van der Waals surface area contributed by atoms with Gasteiger partial charge < -0.3 is 9.84 Å². The number of benzene rings is 1. The van der Waals surface area contributed by atoms with Crippen molar-refractivity contribution in [3.63, 3.8) is 0 Å². The van der Waals surface area contributed by atoms with Gasteiger partial charge in [-0.3, -0.25) is 4.90 Å². The van der Waals surface area contributed by atoms with Crippen molar-refractivity contribution in [2.45, 2.75) is 19.9 Å². The zero-order chi connectivity index (χ0) is 14.3. The summed E-state index contributed by atoms with van der Waals surface area (Å²) in [6, 6.07) is 6.18. The molecule has 0 bridgehead atoms. The van der Waals surface area contributed by atoms with E-state index in [1.165, 1.54) is 5.56 Å². The topological polar surface area (TPSA) is 49.8 Å². The molecule has 4 heteroatoms. The molecule has 19 heavy (non-hydrogen) atoms. The van der Waals surface area contributed by atoms with Crippen molar-refractivity contribution < 1.29 is 14.6 Å². The molecule has 104 valence electrons. The van der Waals surface area contributed by atoms with Crippen LogP contribution in [0.25, 0.3) is 0 Å². The third-order valence-electron chi connectivity index (χ3n) is 2.87. The van der Waals surface area contributed by atoms with Crippen LogP contribution in [0, 0.1) is 0 Å². The monoisotopic (exact) mass is 263 g/mol. The van der Waals surface area contributed by atoms with Crippen molar-refractivity contribution >= 4 is 5.97 Å². The third kappa shape index (κ3) is 5.14. The number of ether oxygens (including phenoxy) is 1. The van der Waals surface area contributed by atoms with Gasteiger partial charge in [0.25, 0.3) is 0 Å². The summed E-state index contributed by atoms with van der Waals surface area (Å²) in [5, 5.41) is 8.54. The smallest absolute Gasteiger partial charge is 0.328 e. The number of rotatable bonds is 7. The Balaban J connectivity index is 2.71. The van der Waals surface area contributed by atoms with Gasteiger partial charge in [-0.1, -0.05) is 25.1 Å². The van der Waals surface area contributed by atoms with Crippen LogP contribution in [0.5, 0.6) is 5.75 Å². The molecule has 0 unspecified atom stereocenters. The SMILES string of the molecule is CCc1ccc(OC)c(CN(C)C/C=C/C(=O)O)c1. The summed E-state index contributed by atoms with van der Waals surface area (Å²) in [5.41, 5.74) is 2.39. The zero-order valence-corrected chi connectivity index (χ0v) is 11.7. The number of methoxy groups -OCH3 is 1. The Kier molecular flexibility index (Phi) is 6.09. The molecule has 1 aromatic rings. The van der Waals surface area contributed by atoms with Crippen molar-refractivity contribution in [1.29, 1.82) is 0 Å². The number of nitrogens with zero attached hydrogens (tertiary/aromatic N) is 1. The van der Waals surface area contributed by atoms with Crippen LogP contribution in [0.3, 0.4) is 0 Å². The number of carbonyl (C=O) groups is 1. The van der Waals surface area contributed by atoms with Gasteiger partial charge in [-0.25, -0.2) is 4.79 Å². The molecule has 0 aromatic heterocycles. The maximum atomic E-state index is 10.4. The molecule has 0 fully saturated rings.